The van der Waals surface area contributed by atoms with Crippen molar-refractivity contribution in [3.05, 3.63) is 85.4 Å². The van der Waals surface area contributed by atoms with Crippen LogP contribution in [0.1, 0.15) is 16.4 Å². The van der Waals surface area contributed by atoms with Crippen LogP contribution in [0, 0.1) is 0 Å². The van der Waals surface area contributed by atoms with Gasteiger partial charge < -0.3 is 14.6 Å². The van der Waals surface area contributed by atoms with Crippen LogP contribution in [0.4, 0.5) is 13.2 Å². The number of allylic oxidation sites excluding steroid dienone is 1. The molecule has 0 saturated carbocycles. The van der Waals surface area contributed by atoms with Gasteiger partial charge in [0.1, 0.15) is 10.8 Å². The van der Waals surface area contributed by atoms with E-state index in [4.69, 9.17) is 11.6 Å². The molecule has 0 spiro atoms. The van der Waals surface area contributed by atoms with E-state index in [9.17, 15) is 27.9 Å². The van der Waals surface area contributed by atoms with Crippen LogP contribution in [0.15, 0.2) is 58.4 Å². The SMILES string of the molecule is CN(C)C=O.O=c1nc2n(c3cc(C(F)(F)F)ccc13)CC(O)=C2c1nc(-c2ccc(Cl)cc2)cs1. The Morgan fingerprint density at radius 1 is 1.14 bits per heavy atom. The highest BCUT2D eigenvalue weighted by atomic mass is 35.5. The van der Waals surface area contributed by atoms with Crippen molar-refractivity contribution in [2.45, 2.75) is 12.7 Å². The van der Waals surface area contributed by atoms with Crippen LogP contribution < -0.4 is 5.56 Å². The van der Waals surface area contributed by atoms with Crippen molar-refractivity contribution >= 4 is 45.8 Å². The number of benzene rings is 2. The normalized spacial score (nSPS) is 12.8. The number of carbonyl (C=O) groups is 1. The molecule has 12 heteroatoms. The Kier molecular flexibility index (Phi) is 6.87. The molecule has 2 aromatic heterocycles. The first-order valence-electron chi connectivity index (χ1n) is 10.4. The van der Waals surface area contributed by atoms with Crippen LogP contribution in [-0.4, -0.2) is 45.0 Å². The van der Waals surface area contributed by atoms with E-state index < -0.39 is 17.3 Å². The molecule has 1 N–H and O–H groups in total. The lowest BCUT2D eigenvalue weighted by molar-refractivity contribution is -0.137. The molecular formula is C24H18ClF3N4O3S. The summed E-state index contributed by atoms with van der Waals surface area (Å²) in [5.41, 5.74) is 0.188. The summed E-state index contributed by atoms with van der Waals surface area (Å²) in [6.45, 7) is -0.106. The molecule has 0 saturated heterocycles. The molecule has 1 aliphatic heterocycles. The van der Waals surface area contributed by atoms with Crippen molar-refractivity contribution < 1.29 is 23.1 Å². The molecule has 1 aliphatic rings. The number of halogens is 4. The molecule has 4 aromatic rings. The van der Waals surface area contributed by atoms with Gasteiger partial charge in [-0.05, 0) is 30.3 Å². The molecule has 3 heterocycles. The van der Waals surface area contributed by atoms with E-state index in [1.54, 1.807) is 43.7 Å². The summed E-state index contributed by atoms with van der Waals surface area (Å²) in [5.74, 6) is -0.0276. The van der Waals surface area contributed by atoms with E-state index in [0.29, 0.717) is 15.7 Å². The third-order valence-electron chi connectivity index (χ3n) is 5.20. The van der Waals surface area contributed by atoms with Gasteiger partial charge in [0.2, 0.25) is 6.41 Å². The summed E-state index contributed by atoms with van der Waals surface area (Å²) in [5, 5.41) is 13.4. The Hall–Kier alpha value is -3.70. The van der Waals surface area contributed by atoms with Gasteiger partial charge in [0.25, 0.3) is 5.56 Å². The van der Waals surface area contributed by atoms with Crippen molar-refractivity contribution in [2.75, 3.05) is 14.1 Å². The Labute approximate surface area is 211 Å². The van der Waals surface area contributed by atoms with Crippen LogP contribution in [0.25, 0.3) is 27.7 Å². The van der Waals surface area contributed by atoms with Crippen LogP contribution in [-0.2, 0) is 17.5 Å². The molecule has 0 unspecified atom stereocenters. The minimum Gasteiger partial charge on any atom is -0.510 e. The maximum atomic E-state index is 13.2. The van der Waals surface area contributed by atoms with E-state index in [2.05, 4.69) is 9.97 Å². The lowest BCUT2D eigenvalue weighted by atomic mass is 10.1. The third-order valence-corrected chi connectivity index (χ3v) is 6.31. The molecule has 0 fully saturated rings. The highest BCUT2D eigenvalue weighted by Crippen LogP contribution is 2.37. The Bertz CT molecular complexity index is 1540. The number of fused-ring (bicyclic) bond motifs is 3. The van der Waals surface area contributed by atoms with E-state index in [1.165, 1.54) is 20.8 Å². The molecule has 0 atom stereocenters. The van der Waals surface area contributed by atoms with Gasteiger partial charge in [-0.25, -0.2) is 4.98 Å². The monoisotopic (exact) mass is 534 g/mol. The Morgan fingerprint density at radius 2 is 1.81 bits per heavy atom. The van der Waals surface area contributed by atoms with Gasteiger partial charge in [-0.1, -0.05) is 23.7 Å². The molecule has 0 aliphatic carbocycles. The van der Waals surface area contributed by atoms with Crippen molar-refractivity contribution in [3.63, 3.8) is 0 Å². The fourth-order valence-electron chi connectivity index (χ4n) is 3.51. The molecule has 2 aromatic carbocycles. The number of carbonyl (C=O) groups excluding carboxylic acids is 1. The summed E-state index contributed by atoms with van der Waals surface area (Å²) in [6, 6.07) is 9.91. The maximum absolute atomic E-state index is 13.2. The van der Waals surface area contributed by atoms with E-state index in [1.807, 2.05) is 0 Å². The molecule has 36 heavy (non-hydrogen) atoms. The number of hydrogen-bond acceptors (Lipinski definition) is 6. The van der Waals surface area contributed by atoms with Crippen molar-refractivity contribution in [3.8, 4) is 11.3 Å². The second-order valence-electron chi connectivity index (χ2n) is 7.99. The van der Waals surface area contributed by atoms with E-state index >= 15 is 0 Å². The zero-order valence-corrected chi connectivity index (χ0v) is 20.4. The Balaban J connectivity index is 0.000000556. The third kappa shape index (κ3) is 4.98. The predicted octanol–water partition coefficient (Wildman–Crippen LogP) is 5.23. The minimum atomic E-state index is -4.56. The lowest BCUT2D eigenvalue weighted by Gasteiger charge is -2.12. The standard InChI is InChI=1S/C21H11ClF3N3O2S.C3H7NO/c22-12-4-1-10(2-5-12)14-9-31-20(26-14)17-16(29)8-28-15-7-11(21(23,24)25)3-6-13(15)19(30)27-18(17)28;1-4(2)3-5/h1-7,9,29H,8H2;3H,1-2H3. The summed E-state index contributed by atoms with van der Waals surface area (Å²) >= 11 is 7.15. The van der Waals surface area contributed by atoms with Crippen LogP contribution in [0.3, 0.4) is 0 Å². The summed E-state index contributed by atoms with van der Waals surface area (Å²) in [7, 11) is 3.38. The topological polar surface area (TPSA) is 88.3 Å². The van der Waals surface area contributed by atoms with Gasteiger partial charge in [0, 0.05) is 30.1 Å². The number of thiazole rings is 1. The summed E-state index contributed by atoms with van der Waals surface area (Å²) in [6.07, 6.45) is -3.81. The van der Waals surface area contributed by atoms with E-state index in [0.717, 1.165) is 30.2 Å². The molecular weight excluding hydrogens is 517 g/mol. The fraction of sp³-hybridized carbons (Fsp3) is 0.167. The lowest BCUT2D eigenvalue weighted by Crippen LogP contribution is -2.17. The van der Waals surface area contributed by atoms with Gasteiger partial charge in [0.15, 0.2) is 5.82 Å². The number of amides is 1. The average Bonchev–Trinajstić information content (AvgIpc) is 3.43. The van der Waals surface area contributed by atoms with Crippen LogP contribution >= 0.6 is 22.9 Å². The largest absolute Gasteiger partial charge is 0.510 e. The molecule has 0 radical (unpaired) electrons. The van der Waals surface area contributed by atoms with Crippen LogP contribution in [0.2, 0.25) is 5.02 Å². The van der Waals surface area contributed by atoms with Gasteiger partial charge in [-0.3, -0.25) is 9.59 Å². The summed E-state index contributed by atoms with van der Waals surface area (Å²) in [4.78, 5) is 31.9. The first kappa shape index (κ1) is 25.4. The number of aliphatic hydroxyl groups excluding tert-OH is 1. The molecule has 7 nitrogen and oxygen atoms in total. The second kappa shape index (κ2) is 9.75. The molecule has 1 amide bonds. The van der Waals surface area contributed by atoms with Crippen molar-refractivity contribution in [2.24, 2.45) is 0 Å². The smallest absolute Gasteiger partial charge is 0.416 e. The number of nitrogens with zero attached hydrogens (tertiary/aromatic N) is 4. The van der Waals surface area contributed by atoms with Gasteiger partial charge in [-0.2, -0.15) is 18.2 Å². The Morgan fingerprint density at radius 3 is 2.42 bits per heavy atom. The highest BCUT2D eigenvalue weighted by Gasteiger charge is 2.33. The number of alkyl halides is 3. The number of rotatable bonds is 3. The van der Waals surface area contributed by atoms with Gasteiger partial charge >= 0.3 is 6.18 Å². The average molecular weight is 535 g/mol. The van der Waals surface area contributed by atoms with E-state index in [-0.39, 0.29) is 34.6 Å². The van der Waals surface area contributed by atoms with Crippen molar-refractivity contribution in [1.82, 2.24) is 19.4 Å². The zero-order chi connectivity index (χ0) is 26.2. The van der Waals surface area contributed by atoms with Gasteiger partial charge in [0.05, 0.1) is 34.3 Å². The van der Waals surface area contributed by atoms with Crippen LogP contribution in [0.5, 0.6) is 0 Å². The molecule has 186 valence electrons. The molecule has 5 rings (SSSR count). The zero-order valence-electron chi connectivity index (χ0n) is 18.9. The fourth-order valence-corrected chi connectivity index (χ4v) is 4.53. The number of aliphatic hydroxyl groups is 1. The summed E-state index contributed by atoms with van der Waals surface area (Å²) < 4.78 is 41.0. The highest BCUT2D eigenvalue weighted by molar-refractivity contribution is 7.11. The number of aromatic nitrogens is 3. The minimum absolute atomic E-state index is 0.0480. The maximum Gasteiger partial charge on any atom is 0.416 e. The second-order valence-corrected chi connectivity index (χ2v) is 9.29. The number of hydrogen-bond donors (Lipinski definition) is 1. The first-order valence-corrected chi connectivity index (χ1v) is 11.6. The quantitative estimate of drug-likeness (QED) is 0.364. The van der Waals surface area contributed by atoms with Crippen molar-refractivity contribution in [1.29, 1.82) is 0 Å². The first-order chi connectivity index (χ1) is 17.0. The predicted molar refractivity (Wildman–Crippen MR) is 132 cm³/mol. The van der Waals surface area contributed by atoms with Gasteiger partial charge in [-0.15, -0.1) is 11.3 Å². The molecule has 0 bridgehead atoms.